The largest absolute Gasteiger partial charge is 0.367 e. The highest BCUT2D eigenvalue weighted by Crippen LogP contribution is 1.98. The summed E-state index contributed by atoms with van der Waals surface area (Å²) in [5.74, 6) is 0.817. The highest BCUT2D eigenvalue weighted by atomic mass is 15.1. The molecule has 2 heteroatoms. The summed E-state index contributed by atoms with van der Waals surface area (Å²) < 4.78 is 1.98. The van der Waals surface area contributed by atoms with Gasteiger partial charge in [-0.05, 0) is 24.2 Å². The first kappa shape index (κ1) is 5.99. The van der Waals surface area contributed by atoms with Crippen molar-refractivity contribution < 1.29 is 4.58 Å². The van der Waals surface area contributed by atoms with E-state index in [9.17, 15) is 0 Å². The molecule has 0 aromatic rings. The summed E-state index contributed by atoms with van der Waals surface area (Å²) in [4.78, 5) is 3.99. The molecule has 0 atom stereocenters. The smallest absolute Gasteiger partial charge is 0.220 e. The average Bonchev–Trinajstić information content (AvgIpc) is 2.33. The Hall–Kier alpha value is -1.14. The molecule has 0 saturated heterocycles. The topological polar surface area (TPSA) is 15.4 Å². The first-order chi connectivity index (χ1) is 4.38. The van der Waals surface area contributed by atoms with Gasteiger partial charge < -0.3 is 0 Å². The van der Waals surface area contributed by atoms with Crippen LogP contribution < -0.4 is 0 Å². The SMILES string of the molecule is C=C=C1N=CC=[N+]1CC. The van der Waals surface area contributed by atoms with Gasteiger partial charge in [0.1, 0.15) is 6.21 Å². The van der Waals surface area contributed by atoms with E-state index in [4.69, 9.17) is 0 Å². The van der Waals surface area contributed by atoms with Crippen LogP contribution in [0.3, 0.4) is 0 Å². The molecule has 0 fully saturated rings. The molecule has 0 radical (unpaired) electrons. The normalized spacial score (nSPS) is 15.7. The number of hydrogen-bond acceptors (Lipinski definition) is 1. The fourth-order valence-electron chi connectivity index (χ4n) is 0.732. The van der Waals surface area contributed by atoms with E-state index in [0.717, 1.165) is 12.4 Å². The lowest BCUT2D eigenvalue weighted by Gasteiger charge is -1.88. The highest BCUT2D eigenvalue weighted by molar-refractivity contribution is 6.15. The van der Waals surface area contributed by atoms with Gasteiger partial charge in [0.05, 0.1) is 6.54 Å². The van der Waals surface area contributed by atoms with Crippen molar-refractivity contribution in [3.8, 4) is 0 Å². The van der Waals surface area contributed by atoms with E-state index in [-0.39, 0.29) is 0 Å². The van der Waals surface area contributed by atoms with Crippen LogP contribution in [0.25, 0.3) is 0 Å². The third-order valence-electron chi connectivity index (χ3n) is 1.21. The Morgan fingerprint density at radius 3 is 3.11 bits per heavy atom. The molecule has 0 spiro atoms. The monoisotopic (exact) mass is 121 g/mol. The first-order valence-electron chi connectivity index (χ1n) is 2.92. The lowest BCUT2D eigenvalue weighted by atomic mass is 10.6. The van der Waals surface area contributed by atoms with Crippen molar-refractivity contribution in [3.63, 3.8) is 0 Å². The molecule has 1 aliphatic heterocycles. The Balaban J connectivity index is 2.91. The van der Waals surface area contributed by atoms with E-state index in [1.54, 1.807) is 6.21 Å². The fraction of sp³-hybridized carbons (Fsp3) is 0.286. The summed E-state index contributed by atoms with van der Waals surface area (Å²) in [5.41, 5.74) is 2.73. The molecule has 0 aromatic heterocycles. The Labute approximate surface area is 54.5 Å². The lowest BCUT2D eigenvalue weighted by Crippen LogP contribution is -2.05. The third kappa shape index (κ3) is 0.980. The van der Waals surface area contributed by atoms with Crippen LogP contribution in [-0.2, 0) is 0 Å². The van der Waals surface area contributed by atoms with E-state index in [0.29, 0.717) is 0 Å². The molecular formula is C7H9N2+. The second-order valence-electron chi connectivity index (χ2n) is 1.71. The van der Waals surface area contributed by atoms with Crippen LogP contribution in [0.15, 0.2) is 23.1 Å². The summed E-state index contributed by atoms with van der Waals surface area (Å²) >= 11 is 0. The predicted molar refractivity (Wildman–Crippen MR) is 38.0 cm³/mol. The van der Waals surface area contributed by atoms with Crippen LogP contribution in [0.5, 0.6) is 0 Å². The maximum Gasteiger partial charge on any atom is 0.367 e. The van der Waals surface area contributed by atoms with Gasteiger partial charge >= 0.3 is 5.82 Å². The van der Waals surface area contributed by atoms with E-state index in [1.165, 1.54) is 0 Å². The standard InChI is InChI=1S/C7H9N2/c1-3-7-8-5-6-9(7)4-2/h5-6H,1,4H2,2H3/q+1. The van der Waals surface area contributed by atoms with Gasteiger partial charge in [-0.3, -0.25) is 0 Å². The second-order valence-corrected chi connectivity index (χ2v) is 1.71. The van der Waals surface area contributed by atoms with Crippen LogP contribution >= 0.6 is 0 Å². The second kappa shape index (κ2) is 2.42. The van der Waals surface area contributed by atoms with Crippen molar-refractivity contribution in [2.45, 2.75) is 6.92 Å². The average molecular weight is 121 g/mol. The van der Waals surface area contributed by atoms with Gasteiger partial charge in [0, 0.05) is 0 Å². The van der Waals surface area contributed by atoms with Crippen molar-refractivity contribution in [1.29, 1.82) is 0 Å². The minimum absolute atomic E-state index is 0.817. The maximum atomic E-state index is 3.99. The summed E-state index contributed by atoms with van der Waals surface area (Å²) in [6.07, 6.45) is 3.66. The van der Waals surface area contributed by atoms with E-state index in [2.05, 4.69) is 24.2 Å². The molecule has 1 heterocycles. The highest BCUT2D eigenvalue weighted by Gasteiger charge is 2.11. The number of nitrogens with zero attached hydrogens (tertiary/aromatic N) is 2. The molecule has 1 aliphatic rings. The summed E-state index contributed by atoms with van der Waals surface area (Å²) in [7, 11) is 0. The van der Waals surface area contributed by atoms with Gasteiger partial charge in [0.25, 0.3) is 0 Å². The maximum absolute atomic E-state index is 3.99. The molecule has 0 aromatic carbocycles. The molecule has 9 heavy (non-hydrogen) atoms. The summed E-state index contributed by atoms with van der Waals surface area (Å²) in [6.45, 7) is 6.49. The van der Waals surface area contributed by atoms with Crippen molar-refractivity contribution in [2.75, 3.05) is 6.54 Å². The predicted octanol–water partition coefficient (Wildman–Crippen LogP) is 0.800. The van der Waals surface area contributed by atoms with E-state index < -0.39 is 0 Å². The van der Waals surface area contributed by atoms with Crippen molar-refractivity contribution in [1.82, 2.24) is 0 Å². The Bertz CT molecular complexity index is 217. The Kier molecular flexibility index (Phi) is 1.61. The summed E-state index contributed by atoms with van der Waals surface area (Å²) in [5, 5.41) is 0. The van der Waals surface area contributed by atoms with Gasteiger partial charge in [-0.2, -0.15) is 0 Å². The Morgan fingerprint density at radius 2 is 2.67 bits per heavy atom. The van der Waals surface area contributed by atoms with Crippen molar-refractivity contribution >= 4 is 12.4 Å². The molecule has 0 amide bonds. The van der Waals surface area contributed by atoms with E-state index in [1.807, 2.05) is 10.8 Å². The number of hydrogen-bond donors (Lipinski definition) is 0. The van der Waals surface area contributed by atoms with Crippen LogP contribution in [0.2, 0.25) is 0 Å². The van der Waals surface area contributed by atoms with E-state index >= 15 is 0 Å². The minimum Gasteiger partial charge on any atom is -0.220 e. The lowest BCUT2D eigenvalue weighted by molar-refractivity contribution is -0.464. The van der Waals surface area contributed by atoms with Gasteiger partial charge in [-0.1, -0.05) is 0 Å². The molecule has 0 aliphatic carbocycles. The minimum atomic E-state index is 0.817. The molecular weight excluding hydrogens is 112 g/mol. The zero-order valence-corrected chi connectivity index (χ0v) is 5.46. The molecule has 46 valence electrons. The first-order valence-corrected chi connectivity index (χ1v) is 2.92. The van der Waals surface area contributed by atoms with Crippen LogP contribution in [0, 0.1) is 0 Å². The fourth-order valence-corrected chi connectivity index (χ4v) is 0.732. The number of aliphatic imine (C=N–C) groups is 1. The molecule has 0 N–H and O–H groups in total. The van der Waals surface area contributed by atoms with Crippen LogP contribution in [-0.4, -0.2) is 23.5 Å². The zero-order chi connectivity index (χ0) is 6.69. The van der Waals surface area contributed by atoms with Crippen molar-refractivity contribution in [3.05, 3.63) is 18.1 Å². The van der Waals surface area contributed by atoms with Gasteiger partial charge in [0.15, 0.2) is 6.21 Å². The van der Waals surface area contributed by atoms with Gasteiger partial charge in [-0.15, -0.1) is 0 Å². The zero-order valence-electron chi connectivity index (χ0n) is 5.46. The quantitative estimate of drug-likeness (QED) is 0.360. The third-order valence-corrected chi connectivity index (χ3v) is 1.21. The van der Waals surface area contributed by atoms with Crippen LogP contribution in [0.4, 0.5) is 0 Å². The molecule has 0 saturated carbocycles. The van der Waals surface area contributed by atoms with Gasteiger partial charge in [-0.25, -0.2) is 4.58 Å². The number of rotatable bonds is 1. The summed E-state index contributed by atoms with van der Waals surface area (Å²) in [6, 6.07) is 0. The molecule has 1 rings (SSSR count). The molecule has 2 nitrogen and oxygen atoms in total. The molecule has 0 bridgehead atoms. The van der Waals surface area contributed by atoms with Crippen LogP contribution in [0.1, 0.15) is 6.92 Å². The Morgan fingerprint density at radius 1 is 1.89 bits per heavy atom. The van der Waals surface area contributed by atoms with Gasteiger partial charge in [0.2, 0.25) is 0 Å². The van der Waals surface area contributed by atoms with Crippen molar-refractivity contribution in [2.24, 2.45) is 4.99 Å². The molecule has 0 unspecified atom stereocenters.